The van der Waals surface area contributed by atoms with Gasteiger partial charge in [0.2, 0.25) is 0 Å². The van der Waals surface area contributed by atoms with E-state index in [2.05, 4.69) is 13.8 Å². The van der Waals surface area contributed by atoms with Gasteiger partial charge in [-0.25, -0.2) is 0 Å². The van der Waals surface area contributed by atoms with Gasteiger partial charge in [-0.1, -0.05) is 20.8 Å². The maximum atomic E-state index is 12.1. The lowest BCUT2D eigenvalue weighted by Gasteiger charge is -2.45. The summed E-state index contributed by atoms with van der Waals surface area (Å²) in [6.07, 6.45) is 0.916. The molecule has 0 saturated heterocycles. The van der Waals surface area contributed by atoms with E-state index in [0.717, 1.165) is 6.42 Å². The van der Waals surface area contributed by atoms with E-state index in [0.29, 0.717) is 12.8 Å². The number of carbonyl (C=O) groups excluding carboxylic acids is 1. The third-order valence-electron chi connectivity index (χ3n) is 6.34. The van der Waals surface area contributed by atoms with E-state index < -0.39 is 23.4 Å². The number of aliphatic hydroxyl groups excluding tert-OH is 1. The molecule has 4 heteroatoms. The van der Waals surface area contributed by atoms with Crippen LogP contribution >= 0.6 is 0 Å². The number of hydrogen-bond donors (Lipinski definition) is 2. The highest BCUT2D eigenvalue weighted by Crippen LogP contribution is 2.72. The first kappa shape index (κ1) is 13.1. The van der Waals surface area contributed by atoms with Crippen molar-refractivity contribution in [3.8, 4) is 0 Å². The molecule has 19 heavy (non-hydrogen) atoms. The standard InChI is InChI=1S/C15H22O4/c1-7-10(16)4-8-12-11(17)5-9(13(18)19)15(7,8)6-14(12,2)3/h7-9,11-12,17H,4-6H2,1-3H3,(H,18,19). The number of carbonyl (C=O) groups is 2. The van der Waals surface area contributed by atoms with Gasteiger partial charge in [0.05, 0.1) is 12.0 Å². The summed E-state index contributed by atoms with van der Waals surface area (Å²) in [7, 11) is 0. The molecule has 3 saturated carbocycles. The number of aliphatic carboxylic acids is 1. The summed E-state index contributed by atoms with van der Waals surface area (Å²) in [5, 5.41) is 20.0. The molecule has 0 radical (unpaired) electrons. The SMILES string of the molecule is CC1C(=O)CC2C3C(O)CC(C(=O)O)C12CC3(C)C. The van der Waals surface area contributed by atoms with Gasteiger partial charge in [0.1, 0.15) is 5.78 Å². The molecule has 3 fully saturated rings. The molecule has 2 bridgehead atoms. The van der Waals surface area contributed by atoms with Gasteiger partial charge in [-0.05, 0) is 35.5 Å². The van der Waals surface area contributed by atoms with Crippen LogP contribution in [0.5, 0.6) is 0 Å². The first-order valence-corrected chi connectivity index (χ1v) is 7.15. The van der Waals surface area contributed by atoms with Crippen molar-refractivity contribution >= 4 is 11.8 Å². The Hall–Kier alpha value is -0.900. The molecule has 0 aromatic heterocycles. The van der Waals surface area contributed by atoms with Gasteiger partial charge in [-0.2, -0.15) is 0 Å². The summed E-state index contributed by atoms with van der Waals surface area (Å²) >= 11 is 0. The van der Waals surface area contributed by atoms with Gasteiger partial charge in [0, 0.05) is 12.3 Å². The highest BCUT2D eigenvalue weighted by molar-refractivity contribution is 5.87. The predicted octanol–water partition coefficient (Wildman–Crippen LogP) is 1.71. The van der Waals surface area contributed by atoms with Crippen molar-refractivity contribution in [1.29, 1.82) is 0 Å². The minimum atomic E-state index is -0.846. The predicted molar refractivity (Wildman–Crippen MR) is 68.3 cm³/mol. The van der Waals surface area contributed by atoms with Crippen LogP contribution in [0.3, 0.4) is 0 Å². The van der Waals surface area contributed by atoms with Crippen molar-refractivity contribution in [2.24, 2.45) is 34.5 Å². The zero-order valence-electron chi connectivity index (χ0n) is 11.7. The van der Waals surface area contributed by atoms with Crippen LogP contribution < -0.4 is 0 Å². The number of rotatable bonds is 1. The molecule has 2 N–H and O–H groups in total. The molecule has 0 aromatic carbocycles. The van der Waals surface area contributed by atoms with Gasteiger partial charge < -0.3 is 10.2 Å². The smallest absolute Gasteiger partial charge is 0.307 e. The number of hydrogen-bond acceptors (Lipinski definition) is 3. The summed E-state index contributed by atoms with van der Waals surface area (Å²) in [6.45, 7) is 6.12. The Kier molecular flexibility index (Phi) is 2.48. The average molecular weight is 266 g/mol. The van der Waals surface area contributed by atoms with E-state index in [-0.39, 0.29) is 29.0 Å². The number of aliphatic hydroxyl groups is 1. The van der Waals surface area contributed by atoms with Crippen LogP contribution in [-0.2, 0) is 9.59 Å². The van der Waals surface area contributed by atoms with Gasteiger partial charge in [-0.3, -0.25) is 9.59 Å². The van der Waals surface area contributed by atoms with Crippen molar-refractivity contribution in [1.82, 2.24) is 0 Å². The van der Waals surface area contributed by atoms with Gasteiger partial charge in [0.25, 0.3) is 0 Å². The molecule has 3 rings (SSSR count). The second-order valence-electron chi connectivity index (χ2n) is 7.50. The fourth-order valence-electron chi connectivity index (χ4n) is 5.81. The molecule has 0 aliphatic heterocycles. The summed E-state index contributed by atoms with van der Waals surface area (Å²) < 4.78 is 0. The third kappa shape index (κ3) is 1.38. The van der Waals surface area contributed by atoms with Gasteiger partial charge in [0.15, 0.2) is 0 Å². The minimum Gasteiger partial charge on any atom is -0.481 e. The Morgan fingerprint density at radius 2 is 2.00 bits per heavy atom. The number of ketones is 1. The Labute approximate surface area is 113 Å². The molecule has 0 heterocycles. The highest BCUT2D eigenvalue weighted by Gasteiger charge is 2.72. The summed E-state index contributed by atoms with van der Waals surface area (Å²) in [4.78, 5) is 23.8. The quantitative estimate of drug-likeness (QED) is 0.757. The largest absolute Gasteiger partial charge is 0.481 e. The average Bonchev–Trinajstić information content (AvgIpc) is 2.61. The lowest BCUT2D eigenvalue weighted by molar-refractivity contribution is -0.156. The van der Waals surface area contributed by atoms with Crippen LogP contribution in [0.1, 0.15) is 40.0 Å². The van der Waals surface area contributed by atoms with E-state index >= 15 is 0 Å². The molecular formula is C15H22O4. The van der Waals surface area contributed by atoms with E-state index in [1.54, 1.807) is 0 Å². The molecule has 0 aromatic rings. The maximum Gasteiger partial charge on any atom is 0.307 e. The Morgan fingerprint density at radius 1 is 1.37 bits per heavy atom. The van der Waals surface area contributed by atoms with Gasteiger partial charge in [-0.15, -0.1) is 0 Å². The van der Waals surface area contributed by atoms with Crippen molar-refractivity contribution in [3.05, 3.63) is 0 Å². The second kappa shape index (κ2) is 3.60. The summed E-state index contributed by atoms with van der Waals surface area (Å²) in [6, 6.07) is 0. The van der Waals surface area contributed by atoms with Crippen LogP contribution in [0.15, 0.2) is 0 Å². The molecule has 106 valence electrons. The Morgan fingerprint density at radius 3 is 2.58 bits per heavy atom. The zero-order chi connectivity index (χ0) is 14.2. The van der Waals surface area contributed by atoms with Crippen LogP contribution in [0.25, 0.3) is 0 Å². The van der Waals surface area contributed by atoms with E-state index in [1.165, 1.54) is 0 Å². The fourth-order valence-corrected chi connectivity index (χ4v) is 5.81. The maximum absolute atomic E-state index is 12.1. The molecule has 4 nitrogen and oxygen atoms in total. The molecular weight excluding hydrogens is 244 g/mol. The first-order valence-electron chi connectivity index (χ1n) is 7.15. The Balaban J connectivity index is 2.16. The van der Waals surface area contributed by atoms with Crippen molar-refractivity contribution in [3.63, 3.8) is 0 Å². The molecule has 0 spiro atoms. The lowest BCUT2D eigenvalue weighted by atomic mass is 9.59. The van der Waals surface area contributed by atoms with Crippen LogP contribution in [0.4, 0.5) is 0 Å². The number of carboxylic acids is 1. The van der Waals surface area contributed by atoms with E-state index in [9.17, 15) is 19.8 Å². The van der Waals surface area contributed by atoms with Crippen molar-refractivity contribution in [2.45, 2.75) is 46.1 Å². The zero-order valence-corrected chi connectivity index (χ0v) is 11.7. The molecule has 6 atom stereocenters. The van der Waals surface area contributed by atoms with Crippen LogP contribution in [-0.4, -0.2) is 28.1 Å². The van der Waals surface area contributed by atoms with Crippen molar-refractivity contribution in [2.75, 3.05) is 0 Å². The second-order valence-corrected chi connectivity index (χ2v) is 7.50. The summed E-state index contributed by atoms with van der Waals surface area (Å²) in [5.74, 6) is -1.30. The van der Waals surface area contributed by atoms with Crippen LogP contribution in [0.2, 0.25) is 0 Å². The van der Waals surface area contributed by atoms with E-state index in [4.69, 9.17) is 0 Å². The molecule has 3 aliphatic carbocycles. The topological polar surface area (TPSA) is 74.6 Å². The van der Waals surface area contributed by atoms with Crippen LogP contribution in [0, 0.1) is 34.5 Å². The van der Waals surface area contributed by atoms with Crippen molar-refractivity contribution < 1.29 is 19.8 Å². The van der Waals surface area contributed by atoms with E-state index in [1.807, 2.05) is 6.92 Å². The minimum absolute atomic E-state index is 0.0508. The normalized spacial score (nSPS) is 51.2. The highest BCUT2D eigenvalue weighted by atomic mass is 16.4. The third-order valence-corrected chi connectivity index (χ3v) is 6.34. The molecule has 6 unspecified atom stereocenters. The Bertz CT molecular complexity index is 455. The lowest BCUT2D eigenvalue weighted by Crippen LogP contribution is -2.48. The molecule has 0 amide bonds. The number of Topliss-reactive ketones (excluding diaryl/α,β-unsaturated/α-hetero) is 1. The summed E-state index contributed by atoms with van der Waals surface area (Å²) in [5.41, 5.74) is -0.500. The monoisotopic (exact) mass is 266 g/mol. The molecule has 3 aliphatic rings. The fraction of sp³-hybridized carbons (Fsp3) is 0.867. The first-order chi connectivity index (χ1) is 8.71. The number of carboxylic acid groups (broad SMARTS) is 1. The van der Waals surface area contributed by atoms with Gasteiger partial charge >= 0.3 is 5.97 Å².